The second-order valence-corrected chi connectivity index (χ2v) is 8.23. The van der Waals surface area contributed by atoms with Gasteiger partial charge in [0.15, 0.2) is 6.61 Å². The monoisotopic (exact) mass is 493 g/mol. The van der Waals surface area contributed by atoms with Gasteiger partial charge in [-0.2, -0.15) is 0 Å². The molecule has 0 saturated heterocycles. The van der Waals surface area contributed by atoms with Crippen molar-refractivity contribution in [3.05, 3.63) is 87.2 Å². The number of rotatable bonds is 8. The van der Waals surface area contributed by atoms with E-state index in [0.717, 1.165) is 16.9 Å². The lowest BCUT2D eigenvalue weighted by Crippen LogP contribution is -2.20. The summed E-state index contributed by atoms with van der Waals surface area (Å²) in [5, 5.41) is 3.74. The van der Waals surface area contributed by atoms with Crippen LogP contribution in [0.25, 0.3) is 11.0 Å². The van der Waals surface area contributed by atoms with Crippen LogP contribution in [-0.4, -0.2) is 19.1 Å². The maximum atomic E-state index is 12.9. The number of fused-ring (bicyclic) bond motifs is 1. The zero-order valence-corrected chi connectivity index (χ0v) is 20.3. The second kappa shape index (κ2) is 10.5. The van der Waals surface area contributed by atoms with Crippen molar-refractivity contribution in [1.29, 1.82) is 0 Å². The van der Waals surface area contributed by atoms with Crippen LogP contribution in [0.1, 0.15) is 18.1 Å². The summed E-state index contributed by atoms with van der Waals surface area (Å²) in [6.07, 6.45) is 1.26. The van der Waals surface area contributed by atoms with Crippen LogP contribution in [0.15, 0.2) is 70.1 Å². The number of hydrogen-bond acceptors (Lipinski definition) is 6. The van der Waals surface area contributed by atoms with E-state index in [9.17, 15) is 9.59 Å². The van der Waals surface area contributed by atoms with Crippen molar-refractivity contribution in [2.24, 2.45) is 0 Å². The van der Waals surface area contributed by atoms with Gasteiger partial charge in [0.25, 0.3) is 5.91 Å². The van der Waals surface area contributed by atoms with Gasteiger partial charge in [0.1, 0.15) is 29.1 Å². The lowest BCUT2D eigenvalue weighted by Gasteiger charge is -2.10. The molecular formula is C27H24ClNO6. The Kier molecular flexibility index (Phi) is 7.27. The number of aryl methyl sites for hydroxylation is 2. The predicted octanol–water partition coefficient (Wildman–Crippen LogP) is 6.27. The van der Waals surface area contributed by atoms with E-state index in [2.05, 4.69) is 5.32 Å². The quantitative estimate of drug-likeness (QED) is 0.311. The highest BCUT2D eigenvalue weighted by atomic mass is 35.5. The Bertz CT molecular complexity index is 1410. The fraction of sp³-hybridized carbons (Fsp3) is 0.185. The lowest BCUT2D eigenvalue weighted by atomic mass is 10.1. The molecule has 1 N–H and O–H groups in total. The van der Waals surface area contributed by atoms with Crippen LogP contribution < -0.4 is 25.0 Å². The largest absolute Gasteiger partial charge is 0.494 e. The first kappa shape index (κ1) is 24.2. The van der Waals surface area contributed by atoms with Crippen LogP contribution in [0, 0.1) is 13.8 Å². The number of benzene rings is 3. The Labute approximate surface area is 207 Å². The van der Waals surface area contributed by atoms with E-state index >= 15 is 0 Å². The number of carbonyl (C=O) groups is 1. The minimum Gasteiger partial charge on any atom is -0.494 e. The molecule has 1 amide bonds. The van der Waals surface area contributed by atoms with Gasteiger partial charge in [-0.05, 0) is 80.4 Å². The third kappa shape index (κ3) is 5.75. The van der Waals surface area contributed by atoms with E-state index in [1.54, 1.807) is 54.6 Å². The van der Waals surface area contributed by atoms with Gasteiger partial charge in [0.2, 0.25) is 11.2 Å². The minimum atomic E-state index is -0.326. The first-order valence-electron chi connectivity index (χ1n) is 11.0. The Morgan fingerprint density at radius 1 is 0.943 bits per heavy atom. The average Bonchev–Trinajstić information content (AvgIpc) is 2.84. The van der Waals surface area contributed by atoms with Gasteiger partial charge < -0.3 is 23.9 Å². The van der Waals surface area contributed by atoms with E-state index in [-0.39, 0.29) is 23.7 Å². The molecule has 0 spiro atoms. The highest BCUT2D eigenvalue weighted by molar-refractivity contribution is 6.32. The fourth-order valence-electron chi connectivity index (χ4n) is 3.49. The van der Waals surface area contributed by atoms with E-state index in [4.69, 9.17) is 30.2 Å². The van der Waals surface area contributed by atoms with Crippen molar-refractivity contribution in [3.63, 3.8) is 0 Å². The molecule has 1 aromatic heterocycles. The molecule has 0 bridgehead atoms. The number of amides is 1. The van der Waals surface area contributed by atoms with Gasteiger partial charge in [-0.3, -0.25) is 9.59 Å². The normalized spacial score (nSPS) is 10.7. The standard InChI is InChI=1S/C27H24ClNO6/c1-4-32-19-7-5-18(6-8-19)29-25(30)15-33-20-9-10-22-23(13-20)34-14-24(27(22)31)35-21-11-16(2)26(28)17(3)12-21/h5-14H,4,15H2,1-3H3,(H,29,30). The summed E-state index contributed by atoms with van der Waals surface area (Å²) >= 11 is 6.20. The van der Waals surface area contributed by atoms with Crippen LogP contribution in [0.4, 0.5) is 5.69 Å². The summed E-state index contributed by atoms with van der Waals surface area (Å²) in [5.74, 6) is 1.34. The average molecular weight is 494 g/mol. The molecule has 8 heteroatoms. The van der Waals surface area contributed by atoms with Crippen LogP contribution >= 0.6 is 11.6 Å². The Morgan fingerprint density at radius 2 is 1.63 bits per heavy atom. The molecule has 0 saturated carbocycles. The maximum absolute atomic E-state index is 12.9. The van der Waals surface area contributed by atoms with Gasteiger partial charge in [0.05, 0.1) is 12.0 Å². The highest BCUT2D eigenvalue weighted by Crippen LogP contribution is 2.29. The van der Waals surface area contributed by atoms with Gasteiger partial charge >= 0.3 is 0 Å². The van der Waals surface area contributed by atoms with Crippen LogP contribution in [-0.2, 0) is 4.79 Å². The summed E-state index contributed by atoms with van der Waals surface area (Å²) in [7, 11) is 0. The highest BCUT2D eigenvalue weighted by Gasteiger charge is 2.12. The van der Waals surface area contributed by atoms with Gasteiger partial charge in [-0.25, -0.2) is 0 Å². The van der Waals surface area contributed by atoms with Crippen LogP contribution in [0.2, 0.25) is 5.02 Å². The van der Waals surface area contributed by atoms with Crippen molar-refractivity contribution in [1.82, 2.24) is 0 Å². The molecule has 0 fully saturated rings. The van der Waals surface area contributed by atoms with E-state index < -0.39 is 0 Å². The fourth-order valence-corrected chi connectivity index (χ4v) is 3.60. The summed E-state index contributed by atoms with van der Waals surface area (Å²) < 4.78 is 22.3. The molecule has 0 radical (unpaired) electrons. The molecule has 0 unspecified atom stereocenters. The second-order valence-electron chi connectivity index (χ2n) is 7.85. The van der Waals surface area contributed by atoms with Crippen molar-refractivity contribution in [2.45, 2.75) is 20.8 Å². The van der Waals surface area contributed by atoms with Gasteiger partial charge in [-0.1, -0.05) is 11.6 Å². The molecule has 0 aliphatic rings. The van der Waals surface area contributed by atoms with Crippen LogP contribution in [0.3, 0.4) is 0 Å². The molecule has 35 heavy (non-hydrogen) atoms. The van der Waals surface area contributed by atoms with E-state index in [0.29, 0.717) is 39.8 Å². The van der Waals surface area contributed by atoms with E-state index in [1.165, 1.54) is 6.26 Å². The number of nitrogens with one attached hydrogen (secondary N) is 1. The number of ether oxygens (including phenoxy) is 3. The maximum Gasteiger partial charge on any atom is 0.262 e. The third-order valence-electron chi connectivity index (χ3n) is 5.17. The molecular weight excluding hydrogens is 470 g/mol. The summed E-state index contributed by atoms with van der Waals surface area (Å²) in [5.41, 5.74) is 2.32. The zero-order valence-electron chi connectivity index (χ0n) is 19.5. The third-order valence-corrected chi connectivity index (χ3v) is 5.77. The molecule has 0 aliphatic carbocycles. The first-order valence-corrected chi connectivity index (χ1v) is 11.4. The number of anilines is 1. The topological polar surface area (TPSA) is 87.0 Å². The molecule has 0 atom stereocenters. The van der Waals surface area contributed by atoms with E-state index in [1.807, 2.05) is 20.8 Å². The molecule has 0 aliphatic heterocycles. The smallest absolute Gasteiger partial charge is 0.262 e. The van der Waals surface area contributed by atoms with Crippen molar-refractivity contribution >= 4 is 34.2 Å². The Balaban J connectivity index is 1.42. The predicted molar refractivity (Wildman–Crippen MR) is 135 cm³/mol. The van der Waals surface area contributed by atoms with Crippen LogP contribution in [0.5, 0.6) is 23.0 Å². The zero-order chi connectivity index (χ0) is 24.9. The number of hydrogen-bond donors (Lipinski definition) is 1. The lowest BCUT2D eigenvalue weighted by molar-refractivity contribution is -0.118. The van der Waals surface area contributed by atoms with Crippen molar-refractivity contribution < 1.29 is 23.4 Å². The molecule has 4 rings (SSSR count). The molecule has 1 heterocycles. The molecule has 4 aromatic rings. The van der Waals surface area contributed by atoms with Crippen molar-refractivity contribution in [3.8, 4) is 23.0 Å². The van der Waals surface area contributed by atoms with Gasteiger partial charge in [-0.15, -0.1) is 0 Å². The Morgan fingerprint density at radius 3 is 2.31 bits per heavy atom. The Hall–Kier alpha value is -3.97. The number of carbonyl (C=O) groups excluding carboxylic acids is 1. The summed E-state index contributed by atoms with van der Waals surface area (Å²) in [6, 6.07) is 15.3. The summed E-state index contributed by atoms with van der Waals surface area (Å²) in [4.78, 5) is 25.1. The van der Waals surface area contributed by atoms with Crippen molar-refractivity contribution in [2.75, 3.05) is 18.5 Å². The molecule has 3 aromatic carbocycles. The SMILES string of the molecule is CCOc1ccc(NC(=O)COc2ccc3c(=O)c(Oc4cc(C)c(Cl)c(C)c4)coc3c2)cc1. The first-order chi connectivity index (χ1) is 16.8. The molecule has 7 nitrogen and oxygen atoms in total. The summed E-state index contributed by atoms with van der Waals surface area (Å²) in [6.45, 7) is 6.00. The number of halogens is 1. The molecule has 180 valence electrons. The van der Waals surface area contributed by atoms with Gasteiger partial charge in [0, 0.05) is 16.8 Å². The minimum absolute atomic E-state index is 0.0574.